The monoisotopic (exact) mass is 665 g/mol. The van der Waals surface area contributed by atoms with Gasteiger partial charge < -0.3 is 15.2 Å². The Morgan fingerprint density at radius 1 is 1.10 bits per heavy atom. The van der Waals surface area contributed by atoms with E-state index in [0.29, 0.717) is 29.6 Å². The first-order valence-corrected chi connectivity index (χ1v) is 11.9. The van der Waals surface area contributed by atoms with Crippen molar-refractivity contribution in [2.24, 2.45) is 0 Å². The van der Waals surface area contributed by atoms with Gasteiger partial charge in [-0.2, -0.15) is 0 Å². The van der Waals surface area contributed by atoms with Crippen molar-refractivity contribution >= 4 is 92.6 Å². The molecule has 0 atom stereocenters. The highest BCUT2D eigenvalue weighted by atomic mass is 79.9. The molecule has 1 aromatic heterocycles. The first-order chi connectivity index (χ1) is 13.7. The highest BCUT2D eigenvalue weighted by Gasteiger charge is 2.24. The van der Waals surface area contributed by atoms with E-state index in [1.807, 2.05) is 24.3 Å². The number of hydrogen-bond donors (Lipinski definition) is 2. The van der Waals surface area contributed by atoms with E-state index in [1.54, 1.807) is 11.4 Å². The molecule has 0 unspecified atom stereocenters. The number of amides is 1. The van der Waals surface area contributed by atoms with Crippen LogP contribution in [-0.2, 0) is 0 Å². The molecule has 0 aliphatic carbocycles. The van der Waals surface area contributed by atoms with Crippen LogP contribution >= 0.6 is 75.1 Å². The van der Waals surface area contributed by atoms with Crippen LogP contribution in [-0.4, -0.2) is 24.1 Å². The van der Waals surface area contributed by atoms with Gasteiger partial charge in [-0.15, -0.1) is 11.3 Å². The van der Waals surface area contributed by atoms with Crippen LogP contribution in [0.15, 0.2) is 53.6 Å². The van der Waals surface area contributed by atoms with Gasteiger partial charge in [-0.1, -0.05) is 28.1 Å². The molecule has 0 aliphatic heterocycles. The summed E-state index contributed by atoms with van der Waals surface area (Å²) in [5, 5.41) is 14.1. The van der Waals surface area contributed by atoms with Crippen LogP contribution in [0.2, 0.25) is 0 Å². The number of thiophene rings is 1. The number of anilines is 1. The fourth-order valence-electron chi connectivity index (χ4n) is 2.62. The Labute approximate surface area is 204 Å². The lowest BCUT2D eigenvalue weighted by molar-refractivity contribution is 0.0699. The number of carboxylic acids is 1. The third-order valence-electron chi connectivity index (χ3n) is 3.90. The van der Waals surface area contributed by atoms with Gasteiger partial charge >= 0.3 is 5.97 Å². The predicted molar refractivity (Wildman–Crippen MR) is 128 cm³/mol. The largest absolute Gasteiger partial charge is 0.494 e. The zero-order valence-corrected chi connectivity index (χ0v) is 21.7. The van der Waals surface area contributed by atoms with E-state index in [9.17, 15) is 14.7 Å². The lowest BCUT2D eigenvalue weighted by atomic mass is 10.1. The van der Waals surface area contributed by atoms with Crippen LogP contribution in [0.3, 0.4) is 0 Å². The molecule has 10 heteroatoms. The Hall–Kier alpha value is -1.20. The summed E-state index contributed by atoms with van der Waals surface area (Å²) in [6.07, 6.45) is 0. The molecular formula is C19H11Br4NO4S. The number of nitrogens with one attached hydrogen (secondary N) is 1. The molecule has 0 saturated heterocycles. The van der Waals surface area contributed by atoms with E-state index in [2.05, 4.69) is 69.0 Å². The van der Waals surface area contributed by atoms with E-state index in [0.717, 1.165) is 10.0 Å². The van der Waals surface area contributed by atoms with E-state index in [-0.39, 0.29) is 11.3 Å². The summed E-state index contributed by atoms with van der Waals surface area (Å²) in [5.74, 6) is -1.14. The van der Waals surface area contributed by atoms with Crippen LogP contribution in [0, 0.1) is 0 Å². The molecule has 0 bridgehead atoms. The Balaban J connectivity index is 2.03. The molecule has 2 N–H and O–H groups in total. The quantitative estimate of drug-likeness (QED) is 0.278. The fourth-order valence-corrected chi connectivity index (χ4v) is 5.81. The fraction of sp³-hybridized carbons (Fsp3) is 0.0526. The number of aromatic carboxylic acids is 1. The lowest BCUT2D eigenvalue weighted by Crippen LogP contribution is -2.15. The molecule has 3 aromatic rings. The number of benzene rings is 2. The number of rotatable bonds is 5. The lowest BCUT2D eigenvalue weighted by Gasteiger charge is -2.13. The molecule has 29 heavy (non-hydrogen) atoms. The molecule has 0 radical (unpaired) electrons. The molecule has 1 amide bonds. The van der Waals surface area contributed by atoms with Gasteiger partial charge in [0.05, 0.1) is 32.2 Å². The standard InChI is InChI=1S/C19H11Br4NO4S/c1-28-16-14(22)10(6-11(21)15(16)23)18(25)24-12-7-29-17(13(12)19(26)27)8-3-2-4-9(20)5-8/h2-7H,1H3,(H,24,25)(H,26,27). The summed E-state index contributed by atoms with van der Waals surface area (Å²) < 4.78 is 7.90. The van der Waals surface area contributed by atoms with Crippen LogP contribution < -0.4 is 10.1 Å². The summed E-state index contributed by atoms with van der Waals surface area (Å²) in [5.41, 5.74) is 1.31. The minimum Gasteiger partial charge on any atom is -0.494 e. The van der Waals surface area contributed by atoms with Crippen LogP contribution in [0.1, 0.15) is 20.7 Å². The van der Waals surface area contributed by atoms with Crippen molar-refractivity contribution in [3.05, 3.63) is 64.7 Å². The van der Waals surface area contributed by atoms with E-state index in [1.165, 1.54) is 18.4 Å². The van der Waals surface area contributed by atoms with Crippen molar-refractivity contribution in [3.63, 3.8) is 0 Å². The Bertz CT molecular complexity index is 1130. The number of ether oxygens (including phenoxy) is 1. The Kier molecular flexibility index (Phi) is 7.21. The van der Waals surface area contributed by atoms with Gasteiger partial charge in [0.1, 0.15) is 11.3 Å². The van der Waals surface area contributed by atoms with E-state index in [4.69, 9.17) is 4.74 Å². The van der Waals surface area contributed by atoms with Gasteiger partial charge in [0.25, 0.3) is 5.91 Å². The maximum Gasteiger partial charge on any atom is 0.339 e. The summed E-state index contributed by atoms with van der Waals surface area (Å²) in [7, 11) is 1.49. The van der Waals surface area contributed by atoms with Crippen LogP contribution in [0.5, 0.6) is 5.75 Å². The highest BCUT2D eigenvalue weighted by Crippen LogP contribution is 2.42. The van der Waals surface area contributed by atoms with Crippen molar-refractivity contribution in [2.45, 2.75) is 0 Å². The van der Waals surface area contributed by atoms with Gasteiger partial charge in [-0.3, -0.25) is 4.79 Å². The summed E-state index contributed by atoms with van der Waals surface area (Å²) in [6.45, 7) is 0. The minimum atomic E-state index is -1.12. The first kappa shape index (κ1) is 22.5. The third-order valence-corrected chi connectivity index (χ3v) is 8.16. The molecule has 1 heterocycles. The van der Waals surface area contributed by atoms with Crippen molar-refractivity contribution in [1.29, 1.82) is 0 Å². The summed E-state index contributed by atoms with van der Waals surface area (Å²) in [6, 6.07) is 8.95. The number of methoxy groups -OCH3 is 1. The van der Waals surface area contributed by atoms with Gasteiger partial charge in [0, 0.05) is 14.3 Å². The van der Waals surface area contributed by atoms with Crippen LogP contribution in [0.4, 0.5) is 5.69 Å². The normalized spacial score (nSPS) is 10.7. The number of carbonyl (C=O) groups excluding carboxylic acids is 1. The van der Waals surface area contributed by atoms with Gasteiger partial charge in [-0.05, 0) is 71.6 Å². The maximum absolute atomic E-state index is 12.9. The second kappa shape index (κ2) is 9.30. The van der Waals surface area contributed by atoms with Gasteiger partial charge in [0.2, 0.25) is 0 Å². The number of carboxylic acid groups (broad SMARTS) is 1. The first-order valence-electron chi connectivity index (χ1n) is 7.88. The number of hydrogen-bond acceptors (Lipinski definition) is 4. The van der Waals surface area contributed by atoms with Gasteiger partial charge in [0.15, 0.2) is 0 Å². The molecule has 150 valence electrons. The molecule has 2 aromatic carbocycles. The topological polar surface area (TPSA) is 75.6 Å². The van der Waals surface area contributed by atoms with Gasteiger partial charge in [-0.25, -0.2) is 4.79 Å². The molecule has 0 saturated carbocycles. The molecule has 5 nitrogen and oxygen atoms in total. The van der Waals surface area contributed by atoms with Crippen molar-refractivity contribution < 1.29 is 19.4 Å². The second-order valence-electron chi connectivity index (χ2n) is 5.69. The molecule has 0 aliphatic rings. The number of carbonyl (C=O) groups is 2. The summed E-state index contributed by atoms with van der Waals surface area (Å²) in [4.78, 5) is 25.4. The molecular weight excluding hydrogens is 658 g/mol. The van der Waals surface area contributed by atoms with E-state index >= 15 is 0 Å². The average Bonchev–Trinajstić information content (AvgIpc) is 3.09. The molecule has 0 fully saturated rings. The molecule has 0 spiro atoms. The Morgan fingerprint density at radius 3 is 2.45 bits per heavy atom. The Morgan fingerprint density at radius 2 is 1.83 bits per heavy atom. The smallest absolute Gasteiger partial charge is 0.339 e. The minimum absolute atomic E-state index is 0.0423. The zero-order chi connectivity index (χ0) is 21.3. The maximum atomic E-state index is 12.9. The number of halogens is 4. The van der Waals surface area contributed by atoms with E-state index < -0.39 is 11.9 Å². The van der Waals surface area contributed by atoms with Crippen LogP contribution in [0.25, 0.3) is 10.4 Å². The second-order valence-corrected chi connectivity index (χ2v) is 9.93. The summed E-state index contributed by atoms with van der Waals surface area (Å²) >= 11 is 14.8. The van der Waals surface area contributed by atoms with Crippen molar-refractivity contribution in [3.8, 4) is 16.2 Å². The molecule has 3 rings (SSSR count). The zero-order valence-electron chi connectivity index (χ0n) is 14.6. The SMILES string of the molecule is COc1c(Br)c(Br)cc(C(=O)Nc2csc(-c3cccc(Br)c3)c2C(=O)O)c1Br. The third kappa shape index (κ3) is 4.61. The van der Waals surface area contributed by atoms with Crippen molar-refractivity contribution in [1.82, 2.24) is 0 Å². The van der Waals surface area contributed by atoms with Crippen molar-refractivity contribution in [2.75, 3.05) is 12.4 Å². The predicted octanol–water partition coefficient (Wildman–Crippen LogP) is 7.42. The average molecular weight is 669 g/mol. The highest BCUT2D eigenvalue weighted by molar-refractivity contribution is 9.13.